The minimum absolute atomic E-state index is 0.111. The zero-order chi connectivity index (χ0) is 16.8. The molecular formula is C18H23N3S2. The zero-order valence-corrected chi connectivity index (χ0v) is 15.6. The topological polar surface area (TPSA) is 28.2 Å². The molecule has 0 aliphatic heterocycles. The van der Waals surface area contributed by atoms with E-state index in [-0.39, 0.29) is 12.1 Å². The van der Waals surface area contributed by atoms with E-state index in [2.05, 4.69) is 54.4 Å². The molecule has 1 heterocycles. The molecule has 0 radical (unpaired) electrons. The summed E-state index contributed by atoms with van der Waals surface area (Å²) in [7, 11) is 0. The molecule has 3 nitrogen and oxygen atoms in total. The van der Waals surface area contributed by atoms with Crippen molar-refractivity contribution < 1.29 is 0 Å². The number of pyridine rings is 1. The summed E-state index contributed by atoms with van der Waals surface area (Å²) in [6.45, 7) is 6.42. The second-order valence-electron chi connectivity index (χ2n) is 5.59. The van der Waals surface area contributed by atoms with Gasteiger partial charge in [-0.2, -0.15) is 0 Å². The van der Waals surface area contributed by atoms with Crippen molar-refractivity contribution in [2.75, 3.05) is 11.6 Å². The molecule has 2 aromatic rings. The number of anilines is 1. The molecule has 0 fully saturated rings. The zero-order valence-electron chi connectivity index (χ0n) is 14.0. The molecule has 0 spiro atoms. The lowest BCUT2D eigenvalue weighted by Crippen LogP contribution is -2.41. The first-order valence-electron chi connectivity index (χ1n) is 7.67. The van der Waals surface area contributed by atoms with E-state index in [9.17, 15) is 0 Å². The highest BCUT2D eigenvalue weighted by Crippen LogP contribution is 2.24. The van der Waals surface area contributed by atoms with Crippen molar-refractivity contribution in [2.24, 2.45) is 0 Å². The van der Waals surface area contributed by atoms with Gasteiger partial charge in [0.1, 0.15) is 0 Å². The van der Waals surface area contributed by atoms with E-state index < -0.39 is 0 Å². The fraction of sp³-hybridized carbons (Fsp3) is 0.333. The van der Waals surface area contributed by atoms with Gasteiger partial charge in [0.25, 0.3) is 0 Å². The first-order valence-corrected chi connectivity index (χ1v) is 9.30. The Morgan fingerprint density at radius 3 is 2.57 bits per heavy atom. The van der Waals surface area contributed by atoms with Crippen LogP contribution in [-0.2, 0) is 0 Å². The number of nitrogens with zero attached hydrogens (tertiary/aromatic N) is 2. The number of rotatable bonds is 5. The number of nitrogens with one attached hydrogen (secondary N) is 1. The molecule has 0 bridgehead atoms. The molecule has 0 saturated carbocycles. The van der Waals surface area contributed by atoms with Gasteiger partial charge < -0.3 is 10.2 Å². The number of thioether (sulfide) groups is 1. The summed E-state index contributed by atoms with van der Waals surface area (Å²) < 4.78 is 0. The molecule has 1 aromatic heterocycles. The van der Waals surface area contributed by atoms with Gasteiger partial charge in [-0.3, -0.25) is 4.98 Å². The summed E-state index contributed by atoms with van der Waals surface area (Å²) in [6, 6.07) is 14.6. The lowest BCUT2D eigenvalue weighted by Gasteiger charge is -2.35. The van der Waals surface area contributed by atoms with E-state index >= 15 is 0 Å². The van der Waals surface area contributed by atoms with Gasteiger partial charge in [-0.05, 0) is 69.6 Å². The van der Waals surface area contributed by atoms with Crippen molar-refractivity contribution >= 4 is 34.8 Å². The van der Waals surface area contributed by atoms with Gasteiger partial charge in [-0.15, -0.1) is 11.8 Å². The summed E-state index contributed by atoms with van der Waals surface area (Å²) in [5.41, 5.74) is 2.03. The normalized spacial score (nSPS) is 12.0. The lowest BCUT2D eigenvalue weighted by atomic mass is 10.1. The van der Waals surface area contributed by atoms with Crippen LogP contribution in [0, 0.1) is 0 Å². The lowest BCUT2D eigenvalue weighted by molar-refractivity contribution is 0.280. The Morgan fingerprint density at radius 2 is 1.96 bits per heavy atom. The van der Waals surface area contributed by atoms with Crippen LogP contribution < -0.4 is 5.32 Å². The summed E-state index contributed by atoms with van der Waals surface area (Å²) in [6.07, 6.45) is 3.89. The van der Waals surface area contributed by atoms with Crippen molar-refractivity contribution in [3.63, 3.8) is 0 Å². The van der Waals surface area contributed by atoms with Crippen molar-refractivity contribution in [3.05, 3.63) is 54.4 Å². The van der Waals surface area contributed by atoms with Gasteiger partial charge in [-0.1, -0.05) is 12.1 Å². The molecule has 1 N–H and O–H groups in total. The summed E-state index contributed by atoms with van der Waals surface area (Å²) >= 11 is 7.39. The van der Waals surface area contributed by atoms with Gasteiger partial charge in [0.2, 0.25) is 0 Å². The Bertz CT molecular complexity index is 644. The van der Waals surface area contributed by atoms with E-state index in [1.807, 2.05) is 36.5 Å². The van der Waals surface area contributed by atoms with Crippen LogP contribution in [-0.4, -0.2) is 27.3 Å². The molecule has 2 rings (SSSR count). The van der Waals surface area contributed by atoms with Crippen LogP contribution in [0.3, 0.4) is 0 Å². The van der Waals surface area contributed by atoms with Crippen molar-refractivity contribution in [2.45, 2.75) is 37.8 Å². The average molecular weight is 346 g/mol. The molecule has 1 atom stereocenters. The Hall–Kier alpha value is -1.59. The largest absolute Gasteiger partial charge is 0.338 e. The average Bonchev–Trinajstić information content (AvgIpc) is 2.55. The number of hydrogen-bond donors (Lipinski definition) is 1. The third-order valence-corrected chi connectivity index (χ3v) is 4.68. The monoisotopic (exact) mass is 345 g/mol. The van der Waals surface area contributed by atoms with Crippen LogP contribution in [0.25, 0.3) is 0 Å². The van der Waals surface area contributed by atoms with Crippen LogP contribution in [0.15, 0.2) is 53.6 Å². The first-order chi connectivity index (χ1) is 11.0. The maximum atomic E-state index is 5.67. The van der Waals surface area contributed by atoms with Crippen molar-refractivity contribution in [3.8, 4) is 0 Å². The second kappa shape index (κ2) is 8.31. The third kappa shape index (κ3) is 4.69. The molecule has 5 heteroatoms. The Morgan fingerprint density at radius 1 is 1.17 bits per heavy atom. The third-order valence-electron chi connectivity index (χ3n) is 3.64. The molecule has 0 amide bonds. The van der Waals surface area contributed by atoms with Crippen molar-refractivity contribution in [1.29, 1.82) is 0 Å². The van der Waals surface area contributed by atoms with E-state index in [0.717, 1.165) is 16.5 Å². The molecule has 122 valence electrons. The van der Waals surface area contributed by atoms with Crippen LogP contribution in [0.4, 0.5) is 5.69 Å². The summed E-state index contributed by atoms with van der Waals surface area (Å²) in [5.74, 6) is 0. The van der Waals surface area contributed by atoms with Gasteiger partial charge in [0.15, 0.2) is 5.11 Å². The molecule has 0 aliphatic carbocycles. The van der Waals surface area contributed by atoms with Crippen LogP contribution >= 0.6 is 24.0 Å². The fourth-order valence-electron chi connectivity index (χ4n) is 2.51. The molecule has 23 heavy (non-hydrogen) atoms. The first kappa shape index (κ1) is 17.8. The van der Waals surface area contributed by atoms with Crippen LogP contribution in [0.1, 0.15) is 32.5 Å². The van der Waals surface area contributed by atoms with Gasteiger partial charge >= 0.3 is 0 Å². The molecule has 1 aromatic carbocycles. The summed E-state index contributed by atoms with van der Waals surface area (Å²) in [5, 5.41) is 4.08. The minimum Gasteiger partial charge on any atom is -0.338 e. The SMILES string of the molecule is CSc1cccc(NC(=S)N(C(C)C)[C@@H](C)c2ccccn2)c1. The fourth-order valence-corrected chi connectivity index (χ4v) is 3.46. The smallest absolute Gasteiger partial charge is 0.174 e. The number of hydrogen-bond acceptors (Lipinski definition) is 3. The summed E-state index contributed by atoms with van der Waals surface area (Å²) in [4.78, 5) is 7.86. The van der Waals surface area contributed by atoms with Crippen LogP contribution in [0.5, 0.6) is 0 Å². The standard InChI is InChI=1S/C18H23N3S2/c1-13(2)21(14(3)17-10-5-6-11-19-17)18(22)20-15-8-7-9-16(12-15)23-4/h5-14H,1-4H3,(H,20,22)/t14-/m0/s1. The Labute approximate surface area is 148 Å². The predicted molar refractivity (Wildman–Crippen MR) is 104 cm³/mol. The van der Waals surface area contributed by atoms with Crippen LogP contribution in [0.2, 0.25) is 0 Å². The number of thiocarbonyl (C=S) groups is 1. The second-order valence-corrected chi connectivity index (χ2v) is 6.86. The van der Waals surface area contributed by atoms with E-state index in [1.54, 1.807) is 11.8 Å². The Balaban J connectivity index is 2.18. The number of aromatic nitrogens is 1. The molecule has 0 aliphatic rings. The maximum Gasteiger partial charge on any atom is 0.174 e. The molecule has 0 saturated heterocycles. The van der Waals surface area contributed by atoms with Gasteiger partial charge in [0.05, 0.1) is 11.7 Å². The molecule has 0 unspecified atom stereocenters. The highest BCUT2D eigenvalue weighted by atomic mass is 32.2. The van der Waals surface area contributed by atoms with E-state index in [0.29, 0.717) is 0 Å². The van der Waals surface area contributed by atoms with Gasteiger partial charge in [0, 0.05) is 22.8 Å². The predicted octanol–water partition coefficient (Wildman–Crippen LogP) is 4.97. The van der Waals surface area contributed by atoms with E-state index in [1.165, 1.54) is 4.90 Å². The van der Waals surface area contributed by atoms with Gasteiger partial charge in [-0.25, -0.2) is 0 Å². The highest BCUT2D eigenvalue weighted by Gasteiger charge is 2.22. The van der Waals surface area contributed by atoms with Crippen molar-refractivity contribution in [1.82, 2.24) is 9.88 Å². The number of benzene rings is 1. The maximum absolute atomic E-state index is 5.67. The van der Waals surface area contributed by atoms with E-state index in [4.69, 9.17) is 12.2 Å². The quantitative estimate of drug-likeness (QED) is 0.610. The molecular weight excluding hydrogens is 322 g/mol. The minimum atomic E-state index is 0.111. The highest BCUT2D eigenvalue weighted by molar-refractivity contribution is 7.98. The Kier molecular flexibility index (Phi) is 6.42.